The largest absolute Gasteiger partial charge is 0.508 e. The van der Waals surface area contributed by atoms with Crippen molar-refractivity contribution >= 4 is 17.8 Å². The van der Waals surface area contributed by atoms with Crippen LogP contribution >= 0.6 is 0 Å². The molecule has 0 radical (unpaired) electrons. The summed E-state index contributed by atoms with van der Waals surface area (Å²) in [4.78, 5) is 19.0. The van der Waals surface area contributed by atoms with Crippen LogP contribution in [0.4, 0.5) is 17.8 Å². The Bertz CT molecular complexity index is 600. The average Bonchev–Trinajstić information content (AvgIpc) is 2.49. The minimum Gasteiger partial charge on any atom is -0.508 e. The Balaban J connectivity index is 2.27. The molecule has 22 heavy (non-hydrogen) atoms. The Labute approximate surface area is 130 Å². The fraction of sp³-hybridized carbons (Fsp3) is 0.400. The van der Waals surface area contributed by atoms with E-state index in [1.165, 1.54) is 0 Å². The maximum atomic E-state index is 9.35. The third-order valence-electron chi connectivity index (χ3n) is 3.10. The fourth-order valence-corrected chi connectivity index (χ4v) is 1.86. The highest BCUT2D eigenvalue weighted by Gasteiger charge is 2.13. The lowest BCUT2D eigenvalue weighted by atomic mass is 10.2. The summed E-state index contributed by atoms with van der Waals surface area (Å²) in [5.41, 5.74) is 1.07. The van der Waals surface area contributed by atoms with Gasteiger partial charge in [-0.1, -0.05) is 12.1 Å². The second kappa shape index (κ2) is 6.46. The van der Waals surface area contributed by atoms with E-state index in [4.69, 9.17) is 0 Å². The first kappa shape index (κ1) is 15.8. The summed E-state index contributed by atoms with van der Waals surface area (Å²) in [6, 6.07) is 7.11. The molecule has 1 heterocycles. The first-order chi connectivity index (χ1) is 10.4. The molecule has 0 spiro atoms. The molecule has 7 heteroatoms. The van der Waals surface area contributed by atoms with Crippen LogP contribution in [0.3, 0.4) is 0 Å². The van der Waals surface area contributed by atoms with E-state index in [0.717, 1.165) is 5.56 Å². The Morgan fingerprint density at radius 3 is 1.68 bits per heavy atom. The van der Waals surface area contributed by atoms with E-state index in [-0.39, 0.29) is 5.75 Å². The molecule has 0 saturated heterocycles. The molecule has 1 N–H and O–H groups in total. The van der Waals surface area contributed by atoms with Gasteiger partial charge in [0.15, 0.2) is 0 Å². The minimum absolute atomic E-state index is 0.261. The summed E-state index contributed by atoms with van der Waals surface area (Å²) in [7, 11) is 9.54. The average molecular weight is 302 g/mol. The molecule has 0 aliphatic rings. The molecule has 0 fully saturated rings. The third-order valence-corrected chi connectivity index (χ3v) is 3.10. The zero-order chi connectivity index (χ0) is 16.3. The lowest BCUT2D eigenvalue weighted by Crippen LogP contribution is -2.24. The standard InChI is InChI=1S/C15H22N6O/c1-19(2)13-16-14(20(3)4)18-15(17-13)21(5)10-11-6-8-12(22)9-7-11/h6-9,22H,10H2,1-5H3. The lowest BCUT2D eigenvalue weighted by molar-refractivity contribution is 0.475. The molecule has 7 nitrogen and oxygen atoms in total. The van der Waals surface area contributed by atoms with Crippen molar-refractivity contribution in [2.24, 2.45) is 0 Å². The maximum absolute atomic E-state index is 9.35. The molecule has 0 saturated carbocycles. The molecular formula is C15H22N6O. The molecule has 1 aromatic heterocycles. The molecular weight excluding hydrogens is 280 g/mol. The van der Waals surface area contributed by atoms with Crippen molar-refractivity contribution in [1.29, 1.82) is 0 Å². The highest BCUT2D eigenvalue weighted by molar-refractivity contribution is 5.45. The van der Waals surface area contributed by atoms with Crippen LogP contribution in [0, 0.1) is 0 Å². The van der Waals surface area contributed by atoms with Gasteiger partial charge in [0.2, 0.25) is 17.8 Å². The monoisotopic (exact) mass is 302 g/mol. The second-order valence-electron chi connectivity index (χ2n) is 5.55. The lowest BCUT2D eigenvalue weighted by Gasteiger charge is -2.21. The number of anilines is 3. The van der Waals surface area contributed by atoms with Gasteiger partial charge in [0, 0.05) is 41.8 Å². The second-order valence-corrected chi connectivity index (χ2v) is 5.55. The van der Waals surface area contributed by atoms with Crippen LogP contribution in [0.5, 0.6) is 5.75 Å². The Kier molecular flexibility index (Phi) is 4.65. The zero-order valence-electron chi connectivity index (χ0n) is 13.6. The molecule has 0 bridgehead atoms. The Morgan fingerprint density at radius 1 is 0.773 bits per heavy atom. The van der Waals surface area contributed by atoms with Crippen LogP contribution in [-0.4, -0.2) is 55.3 Å². The number of benzene rings is 1. The number of hydrogen-bond donors (Lipinski definition) is 1. The smallest absolute Gasteiger partial charge is 0.232 e. The summed E-state index contributed by atoms with van der Waals surface area (Å²) in [6.45, 7) is 0.643. The normalized spacial score (nSPS) is 10.4. The van der Waals surface area contributed by atoms with Crippen molar-refractivity contribution in [3.63, 3.8) is 0 Å². The highest BCUT2D eigenvalue weighted by atomic mass is 16.3. The van der Waals surface area contributed by atoms with Crippen molar-refractivity contribution in [1.82, 2.24) is 15.0 Å². The van der Waals surface area contributed by atoms with E-state index in [0.29, 0.717) is 24.4 Å². The van der Waals surface area contributed by atoms with Gasteiger partial charge in [-0.2, -0.15) is 15.0 Å². The van der Waals surface area contributed by atoms with Gasteiger partial charge in [-0.15, -0.1) is 0 Å². The summed E-state index contributed by atoms with van der Waals surface area (Å²) >= 11 is 0. The first-order valence-corrected chi connectivity index (χ1v) is 6.96. The van der Waals surface area contributed by atoms with Crippen molar-refractivity contribution in [2.45, 2.75) is 6.54 Å². The molecule has 0 aliphatic heterocycles. The molecule has 2 rings (SSSR count). The van der Waals surface area contributed by atoms with Crippen LogP contribution in [0.1, 0.15) is 5.56 Å². The number of phenols is 1. The number of aromatic hydroxyl groups is 1. The van der Waals surface area contributed by atoms with Crippen LogP contribution in [-0.2, 0) is 6.54 Å². The van der Waals surface area contributed by atoms with Gasteiger partial charge in [0.1, 0.15) is 5.75 Å². The molecule has 0 amide bonds. The number of phenolic OH excluding ortho intramolecular Hbond substituents is 1. The van der Waals surface area contributed by atoms with Gasteiger partial charge in [0.25, 0.3) is 0 Å². The topological polar surface area (TPSA) is 68.6 Å². The van der Waals surface area contributed by atoms with Crippen LogP contribution < -0.4 is 14.7 Å². The maximum Gasteiger partial charge on any atom is 0.232 e. The van der Waals surface area contributed by atoms with Gasteiger partial charge in [-0.25, -0.2) is 0 Å². The number of hydrogen-bond acceptors (Lipinski definition) is 7. The summed E-state index contributed by atoms with van der Waals surface area (Å²) < 4.78 is 0. The molecule has 118 valence electrons. The number of rotatable bonds is 5. The van der Waals surface area contributed by atoms with Gasteiger partial charge in [0.05, 0.1) is 0 Å². The van der Waals surface area contributed by atoms with Crippen molar-refractivity contribution in [3.8, 4) is 5.75 Å². The van der Waals surface area contributed by atoms with Gasteiger partial charge >= 0.3 is 0 Å². The van der Waals surface area contributed by atoms with Gasteiger partial charge in [-0.05, 0) is 17.7 Å². The molecule has 2 aromatic rings. The van der Waals surface area contributed by atoms with E-state index >= 15 is 0 Å². The number of nitrogens with zero attached hydrogens (tertiary/aromatic N) is 6. The van der Waals surface area contributed by atoms with E-state index < -0.39 is 0 Å². The van der Waals surface area contributed by atoms with Crippen LogP contribution in [0.2, 0.25) is 0 Å². The molecule has 0 atom stereocenters. The predicted octanol–water partition coefficient (Wildman–Crippen LogP) is 1.35. The number of aromatic nitrogens is 3. The van der Waals surface area contributed by atoms with Gasteiger partial charge < -0.3 is 19.8 Å². The van der Waals surface area contributed by atoms with Crippen molar-refractivity contribution in [3.05, 3.63) is 29.8 Å². The SMILES string of the molecule is CN(C)c1nc(N(C)C)nc(N(C)Cc2ccc(O)cc2)n1. The van der Waals surface area contributed by atoms with Crippen LogP contribution in [0.25, 0.3) is 0 Å². The quantitative estimate of drug-likeness (QED) is 0.894. The van der Waals surface area contributed by atoms with E-state index in [1.54, 1.807) is 12.1 Å². The third kappa shape index (κ3) is 3.75. The minimum atomic E-state index is 0.261. The Hall–Kier alpha value is -2.57. The van der Waals surface area contributed by atoms with E-state index in [2.05, 4.69) is 15.0 Å². The molecule has 0 aliphatic carbocycles. The fourth-order valence-electron chi connectivity index (χ4n) is 1.86. The van der Waals surface area contributed by atoms with Crippen molar-refractivity contribution < 1.29 is 5.11 Å². The first-order valence-electron chi connectivity index (χ1n) is 6.96. The van der Waals surface area contributed by atoms with Gasteiger partial charge in [-0.3, -0.25) is 0 Å². The molecule has 1 aromatic carbocycles. The summed E-state index contributed by atoms with van der Waals surface area (Å²) in [5.74, 6) is 2.10. The van der Waals surface area contributed by atoms with Crippen LogP contribution in [0.15, 0.2) is 24.3 Å². The van der Waals surface area contributed by atoms with E-state index in [1.807, 2.05) is 62.1 Å². The predicted molar refractivity (Wildman–Crippen MR) is 88.7 cm³/mol. The summed E-state index contributed by atoms with van der Waals surface area (Å²) in [5, 5.41) is 9.35. The highest BCUT2D eigenvalue weighted by Crippen LogP contribution is 2.18. The van der Waals surface area contributed by atoms with E-state index in [9.17, 15) is 5.11 Å². The summed E-state index contributed by atoms with van der Waals surface area (Å²) in [6.07, 6.45) is 0. The zero-order valence-corrected chi connectivity index (χ0v) is 13.6. The Morgan fingerprint density at radius 2 is 1.23 bits per heavy atom. The molecule has 0 unspecified atom stereocenters. The van der Waals surface area contributed by atoms with Crippen molar-refractivity contribution in [2.75, 3.05) is 49.9 Å².